The Morgan fingerprint density at radius 2 is 2.20 bits per heavy atom. The first-order valence-corrected chi connectivity index (χ1v) is 9.04. The number of carboxylic acids is 1. The molecule has 1 aromatic heterocycles. The van der Waals surface area contributed by atoms with Crippen LogP contribution in [0.1, 0.15) is 41.5 Å². The SMILES string of the molecule is Nn1c(SCCCOc2ccc(C(=O)O)cc2)nnc1C1CCCO1. The van der Waals surface area contributed by atoms with E-state index in [0.29, 0.717) is 23.3 Å². The van der Waals surface area contributed by atoms with Gasteiger partial charge in [-0.2, -0.15) is 0 Å². The molecular formula is C16H20N4O4S. The van der Waals surface area contributed by atoms with Crippen LogP contribution in [0, 0.1) is 0 Å². The summed E-state index contributed by atoms with van der Waals surface area (Å²) >= 11 is 1.52. The van der Waals surface area contributed by atoms with Crippen LogP contribution in [-0.4, -0.2) is 44.9 Å². The Bertz CT molecular complexity index is 713. The van der Waals surface area contributed by atoms with Gasteiger partial charge < -0.3 is 20.4 Å². The molecule has 1 aliphatic rings. The molecule has 0 saturated carbocycles. The standard InChI is InChI=1S/C16H20N4O4S/c17-20-14(13-3-1-8-24-13)18-19-16(20)25-10-2-9-23-12-6-4-11(5-7-12)15(21)22/h4-7,13H,1-3,8-10,17H2,(H,21,22). The van der Waals surface area contributed by atoms with Gasteiger partial charge in [0.1, 0.15) is 11.9 Å². The van der Waals surface area contributed by atoms with Gasteiger partial charge in [-0.3, -0.25) is 0 Å². The molecule has 25 heavy (non-hydrogen) atoms. The van der Waals surface area contributed by atoms with Gasteiger partial charge in [-0.25, -0.2) is 9.47 Å². The molecule has 1 fully saturated rings. The van der Waals surface area contributed by atoms with Crippen molar-refractivity contribution in [1.82, 2.24) is 14.9 Å². The number of nitrogens with zero attached hydrogens (tertiary/aromatic N) is 3. The number of ether oxygens (including phenoxy) is 2. The first-order chi connectivity index (χ1) is 12.1. The van der Waals surface area contributed by atoms with E-state index >= 15 is 0 Å². The number of nitrogens with two attached hydrogens (primary N) is 1. The highest BCUT2D eigenvalue weighted by Crippen LogP contribution is 2.28. The predicted molar refractivity (Wildman–Crippen MR) is 92.3 cm³/mol. The zero-order valence-electron chi connectivity index (χ0n) is 13.6. The molecule has 9 heteroatoms. The fourth-order valence-electron chi connectivity index (χ4n) is 2.49. The Balaban J connectivity index is 1.40. The lowest BCUT2D eigenvalue weighted by Gasteiger charge is -2.09. The summed E-state index contributed by atoms with van der Waals surface area (Å²) in [5, 5.41) is 17.8. The summed E-state index contributed by atoms with van der Waals surface area (Å²) in [4.78, 5) is 10.8. The third-order valence-corrected chi connectivity index (χ3v) is 4.83. The van der Waals surface area contributed by atoms with Gasteiger partial charge in [0.05, 0.1) is 12.2 Å². The van der Waals surface area contributed by atoms with Gasteiger partial charge in [0.15, 0.2) is 5.82 Å². The Morgan fingerprint density at radius 3 is 2.88 bits per heavy atom. The minimum Gasteiger partial charge on any atom is -0.494 e. The van der Waals surface area contributed by atoms with E-state index in [4.69, 9.17) is 20.4 Å². The van der Waals surface area contributed by atoms with Crippen LogP contribution in [0.5, 0.6) is 5.75 Å². The molecule has 3 rings (SSSR count). The van der Waals surface area contributed by atoms with E-state index in [-0.39, 0.29) is 11.7 Å². The molecule has 8 nitrogen and oxygen atoms in total. The van der Waals surface area contributed by atoms with E-state index in [9.17, 15) is 4.79 Å². The van der Waals surface area contributed by atoms with Crippen LogP contribution in [-0.2, 0) is 4.74 Å². The van der Waals surface area contributed by atoms with E-state index in [0.717, 1.165) is 31.6 Å². The van der Waals surface area contributed by atoms with Gasteiger partial charge >= 0.3 is 5.97 Å². The molecule has 1 unspecified atom stereocenters. The first-order valence-electron chi connectivity index (χ1n) is 8.06. The molecule has 0 spiro atoms. The van der Waals surface area contributed by atoms with Gasteiger partial charge in [0.25, 0.3) is 0 Å². The zero-order valence-corrected chi connectivity index (χ0v) is 14.4. The highest BCUT2D eigenvalue weighted by molar-refractivity contribution is 7.99. The lowest BCUT2D eigenvalue weighted by atomic mass is 10.2. The maximum atomic E-state index is 10.8. The van der Waals surface area contributed by atoms with E-state index in [1.165, 1.54) is 28.6 Å². The van der Waals surface area contributed by atoms with Crippen LogP contribution < -0.4 is 10.6 Å². The lowest BCUT2D eigenvalue weighted by molar-refractivity contribution is 0.0697. The van der Waals surface area contributed by atoms with E-state index in [1.54, 1.807) is 12.1 Å². The lowest BCUT2D eigenvalue weighted by Crippen LogP contribution is -2.17. The minimum atomic E-state index is -0.948. The molecular weight excluding hydrogens is 344 g/mol. The number of aromatic carboxylic acids is 1. The van der Waals surface area contributed by atoms with Crippen molar-refractivity contribution >= 4 is 17.7 Å². The molecule has 1 aliphatic heterocycles. The first kappa shape index (κ1) is 17.6. The van der Waals surface area contributed by atoms with Crippen LogP contribution >= 0.6 is 11.8 Å². The highest BCUT2D eigenvalue weighted by Gasteiger charge is 2.24. The number of thioether (sulfide) groups is 1. The van der Waals surface area contributed by atoms with Crippen molar-refractivity contribution in [2.24, 2.45) is 0 Å². The maximum absolute atomic E-state index is 10.8. The third-order valence-electron chi connectivity index (χ3n) is 3.80. The van der Waals surface area contributed by atoms with Crippen molar-refractivity contribution in [2.45, 2.75) is 30.5 Å². The number of benzene rings is 1. The average molecular weight is 364 g/mol. The molecule has 0 aliphatic carbocycles. The fourth-order valence-corrected chi connectivity index (χ4v) is 3.27. The molecule has 3 N–H and O–H groups in total. The Hall–Kier alpha value is -2.26. The van der Waals surface area contributed by atoms with Gasteiger partial charge in [-0.05, 0) is 43.5 Å². The molecule has 134 valence electrons. The average Bonchev–Trinajstić information content (AvgIpc) is 3.25. The number of carbonyl (C=O) groups is 1. The third kappa shape index (κ3) is 4.43. The summed E-state index contributed by atoms with van der Waals surface area (Å²) in [5.74, 6) is 7.20. The molecule has 2 heterocycles. The summed E-state index contributed by atoms with van der Waals surface area (Å²) in [6.45, 7) is 1.27. The van der Waals surface area contributed by atoms with Crippen LogP contribution in [0.2, 0.25) is 0 Å². The normalized spacial score (nSPS) is 16.9. The van der Waals surface area contributed by atoms with Crippen molar-refractivity contribution < 1.29 is 19.4 Å². The maximum Gasteiger partial charge on any atom is 0.335 e. The number of carboxylic acid groups (broad SMARTS) is 1. The Morgan fingerprint density at radius 1 is 1.40 bits per heavy atom. The number of rotatable bonds is 8. The summed E-state index contributed by atoms with van der Waals surface area (Å²) in [6, 6.07) is 6.36. The molecule has 1 saturated heterocycles. The minimum absolute atomic E-state index is 0.0519. The van der Waals surface area contributed by atoms with Crippen molar-refractivity contribution in [3.8, 4) is 5.75 Å². The van der Waals surface area contributed by atoms with E-state index in [1.807, 2.05) is 0 Å². The van der Waals surface area contributed by atoms with Gasteiger partial charge in [0.2, 0.25) is 5.16 Å². The van der Waals surface area contributed by atoms with E-state index < -0.39 is 5.97 Å². The van der Waals surface area contributed by atoms with Crippen LogP contribution in [0.4, 0.5) is 0 Å². The van der Waals surface area contributed by atoms with Gasteiger partial charge in [-0.1, -0.05) is 11.8 Å². The Kier molecular flexibility index (Phi) is 5.77. The molecule has 2 aromatic rings. The monoisotopic (exact) mass is 364 g/mol. The van der Waals surface area contributed by atoms with Gasteiger partial charge in [0, 0.05) is 12.4 Å². The van der Waals surface area contributed by atoms with Crippen LogP contribution in [0.25, 0.3) is 0 Å². The number of hydrogen-bond acceptors (Lipinski definition) is 7. The fraction of sp³-hybridized carbons (Fsp3) is 0.438. The highest BCUT2D eigenvalue weighted by atomic mass is 32.2. The summed E-state index contributed by atoms with van der Waals surface area (Å²) in [7, 11) is 0. The van der Waals surface area contributed by atoms with Gasteiger partial charge in [-0.15, -0.1) is 10.2 Å². The van der Waals surface area contributed by atoms with Crippen molar-refractivity contribution in [3.05, 3.63) is 35.7 Å². The quantitative estimate of drug-likeness (QED) is 0.416. The molecule has 0 bridgehead atoms. The summed E-state index contributed by atoms with van der Waals surface area (Å²) in [5.41, 5.74) is 0.243. The molecule has 1 aromatic carbocycles. The molecule has 1 atom stereocenters. The Labute approximate surface area is 149 Å². The van der Waals surface area contributed by atoms with Crippen molar-refractivity contribution in [3.63, 3.8) is 0 Å². The van der Waals surface area contributed by atoms with Crippen molar-refractivity contribution in [1.29, 1.82) is 0 Å². The molecule has 0 amide bonds. The molecule has 0 radical (unpaired) electrons. The second kappa shape index (κ2) is 8.21. The summed E-state index contributed by atoms with van der Waals surface area (Å²) in [6.07, 6.45) is 2.69. The van der Waals surface area contributed by atoms with Crippen LogP contribution in [0.15, 0.2) is 29.4 Å². The number of aromatic nitrogens is 3. The van der Waals surface area contributed by atoms with Crippen molar-refractivity contribution in [2.75, 3.05) is 24.8 Å². The largest absolute Gasteiger partial charge is 0.494 e. The zero-order chi connectivity index (χ0) is 17.6. The number of hydrogen-bond donors (Lipinski definition) is 2. The van der Waals surface area contributed by atoms with Crippen LogP contribution in [0.3, 0.4) is 0 Å². The summed E-state index contributed by atoms with van der Waals surface area (Å²) < 4.78 is 12.7. The number of nitrogen functional groups attached to an aromatic ring is 1. The second-order valence-electron chi connectivity index (χ2n) is 5.59. The van der Waals surface area contributed by atoms with E-state index in [2.05, 4.69) is 10.2 Å². The second-order valence-corrected chi connectivity index (χ2v) is 6.65. The smallest absolute Gasteiger partial charge is 0.335 e. The topological polar surface area (TPSA) is 112 Å². The predicted octanol–water partition coefficient (Wildman–Crippen LogP) is 2.10.